The molecule has 0 spiro atoms. The zero-order valence-electron chi connectivity index (χ0n) is 17.8. The topological polar surface area (TPSA) is 103 Å². The molecule has 2 aromatic carbocycles. The molecule has 0 aliphatic carbocycles. The Labute approximate surface area is 200 Å². The molecule has 1 atom stereocenters. The third-order valence-electron chi connectivity index (χ3n) is 5.27. The molecule has 4 rings (SSSR count). The van der Waals surface area contributed by atoms with Crippen LogP contribution in [-0.2, 0) is 9.53 Å². The van der Waals surface area contributed by atoms with Crippen LogP contribution in [0, 0.1) is 10.1 Å². The van der Waals surface area contributed by atoms with Crippen LogP contribution in [0.3, 0.4) is 0 Å². The zero-order valence-corrected chi connectivity index (χ0v) is 19.4. The van der Waals surface area contributed by atoms with Crippen molar-refractivity contribution in [1.82, 2.24) is 5.32 Å². The highest BCUT2D eigenvalue weighted by Crippen LogP contribution is 2.40. The monoisotopic (exact) mass is 489 g/mol. The summed E-state index contributed by atoms with van der Waals surface area (Å²) in [6.07, 6.45) is 0. The number of ether oxygens (including phenoxy) is 3. The van der Waals surface area contributed by atoms with E-state index in [1.807, 2.05) is 0 Å². The number of nitrogens with zero attached hydrogens (tertiary/aromatic N) is 2. The van der Waals surface area contributed by atoms with Crippen LogP contribution in [0.2, 0.25) is 5.02 Å². The van der Waals surface area contributed by atoms with E-state index in [-0.39, 0.29) is 28.0 Å². The van der Waals surface area contributed by atoms with E-state index in [1.165, 1.54) is 18.2 Å². The van der Waals surface area contributed by atoms with Crippen LogP contribution in [0.4, 0.5) is 11.4 Å². The minimum absolute atomic E-state index is 0.152. The number of rotatable bonds is 5. The highest BCUT2D eigenvalue weighted by molar-refractivity contribution is 7.80. The molecule has 11 heteroatoms. The first kappa shape index (κ1) is 22.8. The number of allylic oxidation sites excluding steroid dienone is 1. The first-order valence-corrected chi connectivity index (χ1v) is 10.9. The molecule has 0 fully saturated rings. The quantitative estimate of drug-likeness (QED) is 0.285. The fourth-order valence-corrected chi connectivity index (χ4v) is 4.38. The van der Waals surface area contributed by atoms with Crippen LogP contribution >= 0.6 is 23.8 Å². The Balaban J connectivity index is 1.84. The van der Waals surface area contributed by atoms with Gasteiger partial charge in [-0.3, -0.25) is 15.0 Å². The molecule has 0 radical (unpaired) electrons. The predicted molar refractivity (Wildman–Crippen MR) is 126 cm³/mol. The molecule has 33 heavy (non-hydrogen) atoms. The van der Waals surface area contributed by atoms with Gasteiger partial charge < -0.3 is 19.5 Å². The van der Waals surface area contributed by atoms with Crippen molar-refractivity contribution in [3.63, 3.8) is 0 Å². The number of hydrogen-bond donors (Lipinski definition) is 1. The molecular weight excluding hydrogens is 470 g/mol. The molecule has 1 N–H and O–H groups in total. The number of fused-ring (bicyclic) bond motifs is 1. The highest BCUT2D eigenvalue weighted by atomic mass is 35.5. The van der Waals surface area contributed by atoms with Gasteiger partial charge in [-0.1, -0.05) is 11.6 Å². The number of carbonyl (C=O) groups is 1. The number of anilines is 1. The van der Waals surface area contributed by atoms with Crippen molar-refractivity contribution >= 4 is 46.3 Å². The summed E-state index contributed by atoms with van der Waals surface area (Å²) < 4.78 is 16.6. The molecule has 172 valence electrons. The first-order valence-electron chi connectivity index (χ1n) is 10.1. The lowest BCUT2D eigenvalue weighted by atomic mass is 9.94. The number of non-ortho nitro benzene ring substituents is 1. The molecular formula is C22H20ClN3O6S. The largest absolute Gasteiger partial charge is 0.486 e. The summed E-state index contributed by atoms with van der Waals surface area (Å²) in [7, 11) is 0. The summed E-state index contributed by atoms with van der Waals surface area (Å²) in [4.78, 5) is 25.5. The van der Waals surface area contributed by atoms with Crippen molar-refractivity contribution in [2.45, 2.75) is 19.9 Å². The molecule has 9 nitrogen and oxygen atoms in total. The van der Waals surface area contributed by atoms with E-state index in [0.717, 1.165) is 0 Å². The average Bonchev–Trinajstić information content (AvgIpc) is 2.79. The Morgan fingerprint density at radius 1 is 1.27 bits per heavy atom. The lowest BCUT2D eigenvalue weighted by Crippen LogP contribution is -2.48. The number of nitrogens with one attached hydrogen (secondary N) is 1. The molecule has 0 saturated carbocycles. The Morgan fingerprint density at radius 3 is 2.70 bits per heavy atom. The van der Waals surface area contributed by atoms with Gasteiger partial charge in [0.15, 0.2) is 16.6 Å². The maximum atomic E-state index is 13.0. The Kier molecular flexibility index (Phi) is 6.39. The van der Waals surface area contributed by atoms with Crippen LogP contribution in [0.15, 0.2) is 47.7 Å². The number of carbonyl (C=O) groups excluding carboxylic acids is 1. The normalized spacial score (nSPS) is 17.5. The Hall–Kier alpha value is -3.37. The smallest absolute Gasteiger partial charge is 0.338 e. The number of hydrogen-bond acceptors (Lipinski definition) is 7. The second-order valence-electron chi connectivity index (χ2n) is 7.23. The van der Waals surface area contributed by atoms with Gasteiger partial charge in [-0.05, 0) is 44.3 Å². The molecule has 2 aliphatic rings. The van der Waals surface area contributed by atoms with Crippen molar-refractivity contribution in [3.05, 3.63) is 68.4 Å². The highest BCUT2D eigenvalue weighted by Gasteiger charge is 2.37. The Morgan fingerprint density at radius 2 is 2.00 bits per heavy atom. The van der Waals surface area contributed by atoms with Crippen LogP contribution in [0.1, 0.15) is 25.5 Å². The number of thiocarbonyl (C=S) groups is 1. The third kappa shape index (κ3) is 4.31. The SMILES string of the molecule is CCOC(=O)C1=C(C)N(c2ccc3c(c2)OCCO3)C(=S)N[C@H]1c1cc([N+](=O)[O-])ccc1Cl. The first-order chi connectivity index (χ1) is 15.8. The van der Waals surface area contributed by atoms with Gasteiger partial charge in [-0.15, -0.1) is 0 Å². The molecule has 2 aromatic rings. The van der Waals surface area contributed by atoms with Gasteiger partial charge in [0.2, 0.25) is 0 Å². The summed E-state index contributed by atoms with van der Waals surface area (Å²) in [5, 5.41) is 15.0. The molecule has 2 heterocycles. The number of benzene rings is 2. The van der Waals surface area contributed by atoms with Crippen molar-refractivity contribution < 1.29 is 23.9 Å². The van der Waals surface area contributed by atoms with E-state index in [4.69, 9.17) is 38.0 Å². The fraction of sp³-hybridized carbons (Fsp3) is 0.273. The minimum atomic E-state index is -0.836. The molecule has 0 bridgehead atoms. The Bertz CT molecular complexity index is 1180. The number of esters is 1. The zero-order chi connectivity index (χ0) is 23.7. The number of nitro groups is 1. The predicted octanol–water partition coefficient (Wildman–Crippen LogP) is 4.29. The fourth-order valence-electron chi connectivity index (χ4n) is 3.80. The summed E-state index contributed by atoms with van der Waals surface area (Å²) in [5.41, 5.74) is 1.58. The standard InChI is InChI=1S/C22H20ClN3O6S/c1-3-30-21(27)19-12(2)25(13-5-7-17-18(11-13)32-9-8-31-17)22(33)24-20(19)15-10-14(26(28)29)4-6-16(15)23/h4-7,10-11,20H,3,8-9H2,1-2H3,(H,24,33)/t20-/m0/s1. The van der Waals surface area contributed by atoms with Gasteiger partial charge in [-0.2, -0.15) is 0 Å². The van der Waals surface area contributed by atoms with E-state index < -0.39 is 16.9 Å². The van der Waals surface area contributed by atoms with Gasteiger partial charge in [0.1, 0.15) is 13.2 Å². The van der Waals surface area contributed by atoms with E-state index in [0.29, 0.717) is 41.7 Å². The number of nitro benzene ring substituents is 1. The van der Waals surface area contributed by atoms with Crippen LogP contribution in [0.25, 0.3) is 0 Å². The van der Waals surface area contributed by atoms with Gasteiger partial charge >= 0.3 is 5.97 Å². The molecule has 0 aromatic heterocycles. The lowest BCUT2D eigenvalue weighted by Gasteiger charge is -2.38. The molecule has 0 unspecified atom stereocenters. The maximum absolute atomic E-state index is 13.0. The van der Waals surface area contributed by atoms with Crippen molar-refractivity contribution in [1.29, 1.82) is 0 Å². The van der Waals surface area contributed by atoms with Crippen LogP contribution in [-0.4, -0.2) is 35.8 Å². The van der Waals surface area contributed by atoms with Crippen LogP contribution < -0.4 is 19.7 Å². The molecule has 0 amide bonds. The van der Waals surface area contributed by atoms with Crippen molar-refractivity contribution in [2.75, 3.05) is 24.7 Å². The maximum Gasteiger partial charge on any atom is 0.338 e. The minimum Gasteiger partial charge on any atom is -0.486 e. The van der Waals surface area contributed by atoms with Crippen molar-refractivity contribution in [3.8, 4) is 11.5 Å². The summed E-state index contributed by atoms with van der Waals surface area (Å²) >= 11 is 12.0. The van der Waals surface area contributed by atoms with E-state index in [1.54, 1.807) is 36.9 Å². The van der Waals surface area contributed by atoms with Gasteiger partial charge in [0.25, 0.3) is 5.69 Å². The molecule has 0 saturated heterocycles. The van der Waals surface area contributed by atoms with Gasteiger partial charge in [0, 0.05) is 34.5 Å². The summed E-state index contributed by atoms with van der Waals surface area (Å²) in [6.45, 7) is 4.47. The number of halogens is 1. The summed E-state index contributed by atoms with van der Waals surface area (Å²) in [5.74, 6) is 0.602. The molecule has 2 aliphatic heterocycles. The van der Waals surface area contributed by atoms with Crippen LogP contribution in [0.5, 0.6) is 11.5 Å². The van der Waals surface area contributed by atoms with E-state index >= 15 is 0 Å². The second kappa shape index (κ2) is 9.24. The third-order valence-corrected chi connectivity index (χ3v) is 5.91. The van der Waals surface area contributed by atoms with Gasteiger partial charge in [0.05, 0.1) is 28.8 Å². The van der Waals surface area contributed by atoms with E-state index in [9.17, 15) is 14.9 Å². The second-order valence-corrected chi connectivity index (χ2v) is 8.02. The van der Waals surface area contributed by atoms with E-state index in [2.05, 4.69) is 5.32 Å². The summed E-state index contributed by atoms with van der Waals surface area (Å²) in [6, 6.07) is 8.56. The average molecular weight is 490 g/mol. The van der Waals surface area contributed by atoms with Crippen molar-refractivity contribution in [2.24, 2.45) is 0 Å². The lowest BCUT2D eigenvalue weighted by molar-refractivity contribution is -0.384. The van der Waals surface area contributed by atoms with Gasteiger partial charge in [-0.25, -0.2) is 4.79 Å².